The quantitative estimate of drug-likeness (QED) is 0.237. The van der Waals surface area contributed by atoms with Gasteiger partial charge in [-0.1, -0.05) is 18.2 Å². The van der Waals surface area contributed by atoms with Crippen molar-refractivity contribution in [2.75, 3.05) is 17.8 Å². The number of para-hydroxylation sites is 1. The zero-order valence-corrected chi connectivity index (χ0v) is 15.3. The first-order valence-corrected chi connectivity index (χ1v) is 9.71. The van der Waals surface area contributed by atoms with Gasteiger partial charge in [-0.3, -0.25) is 5.01 Å². The summed E-state index contributed by atoms with van der Waals surface area (Å²) in [5.41, 5.74) is 2.80. The standard InChI is InChI=1S/C18H23N3O3S/c1-16(19-20(2)17-10-4-3-5-11-17)18-12-6-7-13-21(18)14-8-9-15-25(22,23)24/h3-7,10-13H,8-9,14-15H2,1-2H3. The summed E-state index contributed by atoms with van der Waals surface area (Å²) in [4.78, 5) is 0. The molecule has 2 aromatic rings. The van der Waals surface area contributed by atoms with Gasteiger partial charge in [-0.25, -0.2) is 8.42 Å². The Morgan fingerprint density at radius 2 is 1.80 bits per heavy atom. The van der Waals surface area contributed by atoms with Crippen LogP contribution in [0.2, 0.25) is 0 Å². The Morgan fingerprint density at radius 3 is 2.48 bits per heavy atom. The van der Waals surface area contributed by atoms with Gasteiger partial charge in [-0.05, 0) is 31.5 Å². The molecule has 25 heavy (non-hydrogen) atoms. The first-order valence-electron chi connectivity index (χ1n) is 8.13. The number of benzene rings is 1. The number of hydrogen-bond acceptors (Lipinski definition) is 5. The van der Waals surface area contributed by atoms with E-state index >= 15 is 0 Å². The number of anilines is 1. The smallest absolute Gasteiger partial charge is 0.228 e. The second kappa shape index (κ2) is 8.73. The monoisotopic (exact) mass is 361 g/mol. The van der Waals surface area contributed by atoms with Gasteiger partial charge in [-0.15, -0.1) is 0 Å². The van der Waals surface area contributed by atoms with E-state index in [-0.39, 0.29) is 5.75 Å². The minimum absolute atomic E-state index is 0.320. The van der Waals surface area contributed by atoms with E-state index in [1.54, 1.807) is 0 Å². The lowest BCUT2D eigenvalue weighted by molar-refractivity contribution is -0.698. The number of aromatic nitrogens is 1. The molecule has 0 saturated carbocycles. The fourth-order valence-corrected chi connectivity index (χ4v) is 3.10. The van der Waals surface area contributed by atoms with E-state index in [4.69, 9.17) is 0 Å². The van der Waals surface area contributed by atoms with E-state index in [1.807, 2.05) is 78.3 Å². The van der Waals surface area contributed by atoms with Gasteiger partial charge in [0, 0.05) is 31.4 Å². The maximum atomic E-state index is 10.7. The van der Waals surface area contributed by atoms with Crippen LogP contribution >= 0.6 is 0 Å². The number of unbranched alkanes of at least 4 members (excludes halogenated alkanes) is 1. The molecule has 0 aliphatic heterocycles. The zero-order valence-electron chi connectivity index (χ0n) is 14.5. The number of hydrogen-bond donors (Lipinski definition) is 0. The summed E-state index contributed by atoms with van der Waals surface area (Å²) in [6.45, 7) is 2.57. The van der Waals surface area contributed by atoms with Gasteiger partial charge in [0.25, 0.3) is 0 Å². The number of rotatable bonds is 8. The van der Waals surface area contributed by atoms with Crippen LogP contribution in [0.15, 0.2) is 59.8 Å². The Balaban J connectivity index is 2.09. The molecule has 134 valence electrons. The predicted octanol–water partition coefficient (Wildman–Crippen LogP) is 2.16. The third-order valence-electron chi connectivity index (χ3n) is 3.78. The van der Waals surface area contributed by atoms with Crippen molar-refractivity contribution in [1.82, 2.24) is 0 Å². The van der Waals surface area contributed by atoms with Crippen molar-refractivity contribution < 1.29 is 17.5 Å². The van der Waals surface area contributed by atoms with Crippen LogP contribution in [0, 0.1) is 0 Å². The van der Waals surface area contributed by atoms with E-state index in [1.165, 1.54) is 0 Å². The van der Waals surface area contributed by atoms with Gasteiger partial charge in [0.1, 0.15) is 12.3 Å². The second-order valence-corrected chi connectivity index (χ2v) is 7.32. The highest BCUT2D eigenvalue weighted by Gasteiger charge is 2.13. The fourth-order valence-electron chi connectivity index (χ4n) is 2.54. The molecule has 0 unspecified atom stereocenters. The van der Waals surface area contributed by atoms with Crippen LogP contribution in [-0.2, 0) is 16.7 Å². The lowest BCUT2D eigenvalue weighted by Crippen LogP contribution is -2.40. The third kappa shape index (κ3) is 6.28. The Bertz CT molecular complexity index is 820. The molecule has 2 rings (SSSR count). The first-order chi connectivity index (χ1) is 11.9. The molecule has 1 aromatic carbocycles. The van der Waals surface area contributed by atoms with Crippen LogP contribution in [0.3, 0.4) is 0 Å². The summed E-state index contributed by atoms with van der Waals surface area (Å²) >= 11 is 0. The van der Waals surface area contributed by atoms with Crippen molar-refractivity contribution in [1.29, 1.82) is 0 Å². The van der Waals surface area contributed by atoms with Crippen molar-refractivity contribution in [2.45, 2.75) is 26.3 Å². The van der Waals surface area contributed by atoms with Gasteiger partial charge in [-0.2, -0.15) is 9.67 Å². The molecule has 0 fully saturated rings. The molecule has 0 atom stereocenters. The van der Waals surface area contributed by atoms with E-state index in [0.29, 0.717) is 19.4 Å². The summed E-state index contributed by atoms with van der Waals surface area (Å²) in [5.74, 6) is -0.320. The molecule has 0 aliphatic carbocycles. The molecule has 0 spiro atoms. The van der Waals surface area contributed by atoms with E-state index < -0.39 is 10.1 Å². The molecule has 0 saturated heterocycles. The zero-order chi connectivity index (χ0) is 18.3. The van der Waals surface area contributed by atoms with Gasteiger partial charge in [0.05, 0.1) is 15.8 Å². The van der Waals surface area contributed by atoms with Crippen LogP contribution < -0.4 is 9.58 Å². The molecular weight excluding hydrogens is 338 g/mol. The van der Waals surface area contributed by atoms with E-state index in [2.05, 4.69) is 5.10 Å². The van der Waals surface area contributed by atoms with E-state index in [0.717, 1.165) is 17.1 Å². The van der Waals surface area contributed by atoms with Crippen molar-refractivity contribution in [3.05, 3.63) is 60.4 Å². The molecule has 1 aromatic heterocycles. The average molecular weight is 361 g/mol. The number of pyridine rings is 1. The van der Waals surface area contributed by atoms with Crippen LogP contribution in [0.25, 0.3) is 0 Å². The highest BCUT2D eigenvalue weighted by atomic mass is 32.2. The van der Waals surface area contributed by atoms with Gasteiger partial charge < -0.3 is 4.55 Å². The molecule has 0 N–H and O–H groups in total. The van der Waals surface area contributed by atoms with Gasteiger partial charge in [0.2, 0.25) is 5.69 Å². The maximum absolute atomic E-state index is 10.7. The normalized spacial score (nSPS) is 12.2. The number of hydrazone groups is 1. The fraction of sp³-hybridized carbons (Fsp3) is 0.333. The van der Waals surface area contributed by atoms with Crippen molar-refractivity contribution in [2.24, 2.45) is 5.10 Å². The topological polar surface area (TPSA) is 76.7 Å². The van der Waals surface area contributed by atoms with Crippen LogP contribution in [-0.4, -0.2) is 31.5 Å². The van der Waals surface area contributed by atoms with Gasteiger partial charge in [0.15, 0.2) is 6.20 Å². The Labute approximate surface area is 149 Å². The van der Waals surface area contributed by atoms with Gasteiger partial charge >= 0.3 is 0 Å². The van der Waals surface area contributed by atoms with Crippen molar-refractivity contribution >= 4 is 21.5 Å². The molecule has 1 heterocycles. The van der Waals surface area contributed by atoms with Crippen molar-refractivity contribution in [3.8, 4) is 0 Å². The molecular formula is C18H23N3O3S. The lowest BCUT2D eigenvalue weighted by atomic mass is 10.2. The highest BCUT2D eigenvalue weighted by molar-refractivity contribution is 7.85. The SMILES string of the molecule is C/C(=N/N(C)c1ccccc1)c1cccc[n+]1CCCCS(=O)(=O)[O-]. The third-order valence-corrected chi connectivity index (χ3v) is 4.57. The maximum Gasteiger partial charge on any atom is 0.228 e. The lowest BCUT2D eigenvalue weighted by Gasteiger charge is -2.14. The summed E-state index contributed by atoms with van der Waals surface area (Å²) in [5, 5.41) is 6.44. The van der Waals surface area contributed by atoms with Crippen molar-refractivity contribution in [3.63, 3.8) is 0 Å². The summed E-state index contributed by atoms with van der Waals surface area (Å²) in [6, 6.07) is 15.7. The minimum atomic E-state index is -4.14. The molecule has 0 bridgehead atoms. The van der Waals surface area contributed by atoms with Crippen LogP contribution in [0.5, 0.6) is 0 Å². The molecule has 6 nitrogen and oxygen atoms in total. The molecule has 0 aliphatic rings. The highest BCUT2D eigenvalue weighted by Crippen LogP contribution is 2.12. The molecule has 0 radical (unpaired) electrons. The Hall–Kier alpha value is -2.25. The largest absolute Gasteiger partial charge is 0.748 e. The first kappa shape index (κ1) is 19.1. The Kier molecular flexibility index (Phi) is 6.66. The Morgan fingerprint density at radius 1 is 1.12 bits per heavy atom. The summed E-state index contributed by atoms with van der Waals surface area (Å²) in [7, 11) is -2.25. The summed E-state index contributed by atoms with van der Waals surface area (Å²) in [6.07, 6.45) is 2.90. The predicted molar refractivity (Wildman–Crippen MR) is 97.5 cm³/mol. The number of aryl methyl sites for hydroxylation is 1. The minimum Gasteiger partial charge on any atom is -0.748 e. The van der Waals surface area contributed by atoms with Crippen LogP contribution in [0.4, 0.5) is 5.69 Å². The molecule has 0 amide bonds. The summed E-state index contributed by atoms with van der Waals surface area (Å²) < 4.78 is 34.1. The number of nitrogens with zero attached hydrogens (tertiary/aromatic N) is 3. The second-order valence-electron chi connectivity index (χ2n) is 5.79. The van der Waals surface area contributed by atoms with E-state index in [9.17, 15) is 13.0 Å². The van der Waals surface area contributed by atoms with Crippen LogP contribution in [0.1, 0.15) is 25.5 Å². The molecule has 7 heteroatoms. The average Bonchev–Trinajstić information content (AvgIpc) is 2.59.